The first-order chi connectivity index (χ1) is 17.6. The van der Waals surface area contributed by atoms with Crippen molar-refractivity contribution < 1.29 is 27.9 Å². The molecule has 1 fully saturated rings. The summed E-state index contributed by atoms with van der Waals surface area (Å²) in [5, 5.41) is 12.3. The maximum atomic E-state index is 13.5. The molecule has 0 radical (unpaired) electrons. The fourth-order valence-electron chi connectivity index (χ4n) is 3.89. The minimum absolute atomic E-state index is 0.0269. The van der Waals surface area contributed by atoms with Crippen molar-refractivity contribution in [1.29, 1.82) is 0 Å². The molecule has 0 aliphatic carbocycles. The predicted octanol–water partition coefficient (Wildman–Crippen LogP) is 2.32. The Morgan fingerprint density at radius 3 is 2.62 bits per heavy atom. The molecule has 6 N–H and O–H groups in total. The number of carbonyl (C=O) groups excluding carboxylic acids is 1. The number of H-pyrrole nitrogens is 1. The van der Waals surface area contributed by atoms with Crippen LogP contribution >= 0.6 is 23.2 Å². The molecule has 1 aliphatic rings. The van der Waals surface area contributed by atoms with Crippen LogP contribution in [0.1, 0.15) is 32.1 Å². The molecule has 1 aromatic heterocycles. The topological polar surface area (TPSA) is 180 Å². The van der Waals surface area contributed by atoms with Crippen molar-refractivity contribution in [2.45, 2.75) is 49.1 Å². The summed E-state index contributed by atoms with van der Waals surface area (Å²) in [4.78, 5) is 32.9. The third-order valence-electron chi connectivity index (χ3n) is 5.75. The first-order valence-electron chi connectivity index (χ1n) is 11.7. The maximum Gasteiger partial charge on any atom is 0.323 e. The first-order valence-corrected chi connectivity index (χ1v) is 13.9. The molecule has 2 aromatic rings. The Hall–Kier alpha value is -2.58. The fraction of sp³-hybridized carbons (Fsp3) is 0.500. The normalized spacial score (nSPS) is 16.8. The van der Waals surface area contributed by atoms with Crippen LogP contribution in [-0.2, 0) is 24.3 Å². The molecule has 1 unspecified atom stereocenters. The highest BCUT2D eigenvalue weighted by molar-refractivity contribution is 7.89. The highest BCUT2D eigenvalue weighted by Crippen LogP contribution is 2.31. The monoisotopic (exact) mass is 576 g/mol. The largest absolute Gasteiger partial charge is 0.480 e. The Morgan fingerprint density at radius 2 is 2.03 bits per heavy atom. The number of carboxylic acids is 1. The molecule has 1 saturated heterocycles. The summed E-state index contributed by atoms with van der Waals surface area (Å²) < 4.78 is 34.5. The van der Waals surface area contributed by atoms with E-state index in [1.54, 1.807) is 12.4 Å². The molecule has 1 amide bonds. The van der Waals surface area contributed by atoms with E-state index in [9.17, 15) is 23.1 Å². The number of rotatable bonds is 13. The first kappa shape index (κ1) is 29.0. The molecule has 37 heavy (non-hydrogen) atoms. The van der Waals surface area contributed by atoms with Crippen LogP contribution in [0.3, 0.4) is 0 Å². The summed E-state index contributed by atoms with van der Waals surface area (Å²) in [5.41, 5.74) is 5.74. The van der Waals surface area contributed by atoms with Gasteiger partial charge < -0.3 is 30.8 Å². The average Bonchev–Trinajstić information content (AvgIpc) is 3.37. The van der Waals surface area contributed by atoms with Gasteiger partial charge in [-0.3, -0.25) is 9.59 Å². The zero-order valence-electron chi connectivity index (χ0n) is 20.0. The van der Waals surface area contributed by atoms with E-state index < -0.39 is 34.5 Å². The van der Waals surface area contributed by atoms with Crippen molar-refractivity contribution in [3.8, 4) is 0 Å². The van der Waals surface area contributed by atoms with E-state index in [0.717, 1.165) is 29.9 Å². The van der Waals surface area contributed by atoms with Gasteiger partial charge in [0.15, 0.2) is 5.95 Å². The maximum absolute atomic E-state index is 13.5. The summed E-state index contributed by atoms with van der Waals surface area (Å²) >= 11 is 12.0. The lowest BCUT2D eigenvalue weighted by atomic mass is 10.1. The van der Waals surface area contributed by atoms with Crippen LogP contribution in [0.15, 0.2) is 29.4 Å². The number of benzene rings is 1. The minimum atomic E-state index is -4.28. The van der Waals surface area contributed by atoms with Gasteiger partial charge in [-0.2, -0.15) is 4.72 Å². The zero-order chi connectivity index (χ0) is 27.0. The van der Waals surface area contributed by atoms with Gasteiger partial charge in [0.05, 0.1) is 26.7 Å². The lowest BCUT2D eigenvalue weighted by Gasteiger charge is -2.31. The van der Waals surface area contributed by atoms with Gasteiger partial charge in [0.1, 0.15) is 12.6 Å². The summed E-state index contributed by atoms with van der Waals surface area (Å²) in [6.45, 7) is 0.338. The molecule has 0 saturated carbocycles. The SMILES string of the molecule is Nc1c(Cl)cc(S(=O)(=O)N[C@@H](CCCNc2ncc[nH]2)C(=O)N(CC(=O)O)CC2CCCCO2)cc1Cl. The van der Waals surface area contributed by atoms with Crippen LogP contribution in [0, 0.1) is 0 Å². The molecular weight excluding hydrogens is 547 g/mol. The number of nitrogens with zero attached hydrogens (tertiary/aromatic N) is 2. The van der Waals surface area contributed by atoms with E-state index in [-0.39, 0.29) is 39.7 Å². The number of nitrogen functional groups attached to an aromatic ring is 1. The highest BCUT2D eigenvalue weighted by atomic mass is 35.5. The second kappa shape index (κ2) is 13.3. The van der Waals surface area contributed by atoms with Gasteiger partial charge >= 0.3 is 5.97 Å². The van der Waals surface area contributed by atoms with Gasteiger partial charge in [-0.1, -0.05) is 23.2 Å². The number of imidazole rings is 1. The van der Waals surface area contributed by atoms with Crippen molar-refractivity contribution in [1.82, 2.24) is 19.6 Å². The molecule has 3 rings (SSSR count). The lowest BCUT2D eigenvalue weighted by Crippen LogP contribution is -2.52. The summed E-state index contributed by atoms with van der Waals surface area (Å²) in [6.07, 6.45) is 5.78. The van der Waals surface area contributed by atoms with Crippen LogP contribution < -0.4 is 15.8 Å². The lowest BCUT2D eigenvalue weighted by molar-refractivity contribution is -0.147. The van der Waals surface area contributed by atoms with Gasteiger partial charge in [0, 0.05) is 32.1 Å². The molecule has 1 aliphatic heterocycles. The van der Waals surface area contributed by atoms with Crippen LogP contribution in [-0.4, -0.2) is 78.7 Å². The Balaban J connectivity index is 1.81. The van der Waals surface area contributed by atoms with E-state index in [1.807, 2.05) is 0 Å². The van der Waals surface area contributed by atoms with Crippen molar-refractivity contribution in [3.05, 3.63) is 34.6 Å². The number of amides is 1. The number of carbonyl (C=O) groups is 2. The molecular formula is C22H30Cl2N6O6S. The third kappa shape index (κ3) is 8.47. The van der Waals surface area contributed by atoms with Crippen molar-refractivity contribution >= 4 is 56.7 Å². The van der Waals surface area contributed by atoms with Gasteiger partial charge in [0.2, 0.25) is 15.9 Å². The van der Waals surface area contributed by atoms with E-state index >= 15 is 0 Å². The number of hydrogen-bond acceptors (Lipinski definition) is 8. The molecule has 0 bridgehead atoms. The number of sulfonamides is 1. The Bertz CT molecular complexity index is 1150. The summed E-state index contributed by atoms with van der Waals surface area (Å²) in [7, 11) is -4.28. The second-order valence-electron chi connectivity index (χ2n) is 8.58. The van der Waals surface area contributed by atoms with Crippen LogP contribution in [0.4, 0.5) is 11.6 Å². The molecule has 2 atom stereocenters. The highest BCUT2D eigenvalue weighted by Gasteiger charge is 2.32. The molecule has 0 spiro atoms. The number of carboxylic acid groups (broad SMARTS) is 1. The number of halogens is 2. The number of nitrogens with two attached hydrogens (primary N) is 1. The van der Waals surface area contributed by atoms with Gasteiger partial charge in [-0.05, 0) is 44.2 Å². The Morgan fingerprint density at radius 1 is 1.30 bits per heavy atom. The number of anilines is 2. The molecule has 1 aromatic carbocycles. The summed E-state index contributed by atoms with van der Waals surface area (Å²) in [5.74, 6) is -1.37. The number of hydrogen-bond donors (Lipinski definition) is 5. The standard InChI is InChI=1S/C22H30Cl2N6O6S/c23-16-10-15(11-17(24)20(16)25)37(34,35)29-18(5-3-6-26-22-27-7-8-28-22)21(33)30(13-19(31)32)12-14-4-1-2-9-36-14/h7-8,10-11,14,18,29H,1-6,9,12-13,25H2,(H,31,32)(H2,26,27,28)/t14?,18-/m0/s1. The molecule has 12 nitrogen and oxygen atoms in total. The van der Waals surface area contributed by atoms with Gasteiger partial charge in [-0.15, -0.1) is 0 Å². The zero-order valence-corrected chi connectivity index (χ0v) is 22.3. The number of nitrogens with one attached hydrogen (secondary N) is 3. The van der Waals surface area contributed by atoms with Crippen LogP contribution in [0.5, 0.6) is 0 Å². The van der Waals surface area contributed by atoms with E-state index in [4.69, 9.17) is 33.7 Å². The second-order valence-corrected chi connectivity index (χ2v) is 11.1. The van der Waals surface area contributed by atoms with Gasteiger partial charge in [0.25, 0.3) is 0 Å². The minimum Gasteiger partial charge on any atom is -0.480 e. The average molecular weight is 577 g/mol. The number of aromatic nitrogens is 2. The molecule has 2 heterocycles. The van der Waals surface area contributed by atoms with Crippen LogP contribution in [0.2, 0.25) is 10.0 Å². The summed E-state index contributed by atoms with van der Waals surface area (Å²) in [6, 6.07) is 1.01. The van der Waals surface area contributed by atoms with Crippen molar-refractivity contribution in [2.75, 3.05) is 37.3 Å². The number of aromatic amines is 1. The Kier molecular flexibility index (Phi) is 10.4. The Labute approximate surface area is 224 Å². The van der Waals surface area contributed by atoms with Crippen molar-refractivity contribution in [2.24, 2.45) is 0 Å². The number of aliphatic carboxylic acids is 1. The number of ether oxygens (including phenoxy) is 1. The molecule has 204 valence electrons. The quantitative estimate of drug-likeness (QED) is 0.176. The molecule has 15 heteroatoms. The van der Waals surface area contributed by atoms with Crippen LogP contribution in [0.25, 0.3) is 0 Å². The third-order valence-corrected chi connectivity index (χ3v) is 7.83. The predicted molar refractivity (Wildman–Crippen MR) is 139 cm³/mol. The van der Waals surface area contributed by atoms with E-state index in [1.165, 1.54) is 0 Å². The van der Waals surface area contributed by atoms with Crippen molar-refractivity contribution in [3.63, 3.8) is 0 Å². The van der Waals surface area contributed by atoms with E-state index in [0.29, 0.717) is 31.9 Å². The smallest absolute Gasteiger partial charge is 0.323 e. The van der Waals surface area contributed by atoms with E-state index in [2.05, 4.69) is 20.0 Å². The van der Waals surface area contributed by atoms with Gasteiger partial charge in [-0.25, -0.2) is 13.4 Å². The fourth-order valence-corrected chi connectivity index (χ4v) is 5.78.